The van der Waals surface area contributed by atoms with Crippen LogP contribution in [0.1, 0.15) is 98.4 Å². The molecule has 38 heavy (non-hydrogen) atoms. The first-order chi connectivity index (χ1) is 17.1. The van der Waals surface area contributed by atoms with Gasteiger partial charge >= 0.3 is 6.18 Å². The molecule has 4 heterocycles. The zero-order chi connectivity index (χ0) is 28.3. The maximum Gasteiger partial charge on any atom is 0.446 e. The normalized spacial score (nSPS) is 19.1. The summed E-state index contributed by atoms with van der Waals surface area (Å²) in [6.07, 6.45) is -0.942. The Kier molecular flexibility index (Phi) is 15.4. The first-order valence-electron chi connectivity index (χ1n) is 11.9. The Balaban J connectivity index is 0.000000541. The Labute approximate surface area is 232 Å². The monoisotopic (exact) mass is 589 g/mol. The van der Waals surface area contributed by atoms with Crippen LogP contribution in [0.25, 0.3) is 0 Å². The van der Waals surface area contributed by atoms with Crippen molar-refractivity contribution >= 4 is 29.5 Å². The number of alkyl halides is 5. The summed E-state index contributed by atoms with van der Waals surface area (Å²) < 4.78 is 31.2. The molecule has 2 saturated heterocycles. The maximum absolute atomic E-state index is 10.4. The van der Waals surface area contributed by atoms with Crippen LogP contribution in [0.15, 0.2) is 0 Å². The molecule has 2 aromatic heterocycles. The van der Waals surface area contributed by atoms with E-state index in [9.17, 15) is 13.2 Å². The van der Waals surface area contributed by atoms with Crippen LogP contribution in [0.3, 0.4) is 0 Å². The third-order valence-corrected chi connectivity index (χ3v) is 5.07. The molecule has 4 rings (SSSR count). The summed E-state index contributed by atoms with van der Waals surface area (Å²) in [5.74, 6) is 1.72. The van der Waals surface area contributed by atoms with Crippen molar-refractivity contribution in [3.63, 3.8) is 0 Å². The van der Waals surface area contributed by atoms with Crippen LogP contribution in [-0.2, 0) is 15.9 Å². The van der Waals surface area contributed by atoms with Gasteiger partial charge in [-0.15, -0.1) is 43.6 Å². The summed E-state index contributed by atoms with van der Waals surface area (Å²) >= 11 is 9.53. The van der Waals surface area contributed by atoms with Crippen LogP contribution in [-0.4, -0.2) is 71.3 Å². The Morgan fingerprint density at radius 2 is 1.42 bits per heavy atom. The number of nitrogens with two attached hydrogens (primary N) is 1. The minimum Gasteiger partial charge on any atom is -0.337 e. The highest BCUT2D eigenvalue weighted by Crippen LogP contribution is 2.20. The molecule has 16 heteroatoms. The van der Waals surface area contributed by atoms with Gasteiger partial charge in [-0.1, -0.05) is 7.43 Å². The first kappa shape index (κ1) is 36.1. The minimum absolute atomic E-state index is 0. The molecule has 11 nitrogen and oxygen atoms in total. The third-order valence-electron chi connectivity index (χ3n) is 5.07. The molecule has 0 bridgehead atoms. The van der Waals surface area contributed by atoms with Crippen molar-refractivity contribution < 1.29 is 23.3 Å². The van der Waals surface area contributed by atoms with Crippen LogP contribution in [0, 0.1) is 0 Å². The molecular weight excluding hydrogens is 548 g/mol. The summed E-state index contributed by atoms with van der Waals surface area (Å²) in [6.45, 7) is 14.7. The molecule has 2 atom stereocenters. The van der Waals surface area contributed by atoms with Gasteiger partial charge in [-0.2, -0.15) is 22.8 Å². The van der Waals surface area contributed by atoms with E-state index >= 15 is 0 Å². The van der Waals surface area contributed by atoms with E-state index in [-0.39, 0.29) is 23.8 Å². The molecule has 2 aliphatic rings. The summed E-state index contributed by atoms with van der Waals surface area (Å²) in [5.41, 5.74) is -0.145. The lowest BCUT2D eigenvalue weighted by Gasteiger charge is -2.15. The lowest BCUT2D eigenvalue weighted by atomic mass is 10.1. The standard InChI is InChI=1S/2C9H17N5.C2HF3O.CH2Cl2.CH4/c2*1-9(2,3)14-12-8(11-13-14)7-5-4-6-10-7;3-2(4,5)1-6;2-1-3;/h2*7,10H,4-6H2,1-3H3;1H;1H2;1H4/p+1/t2*7-;;;/m11.../s1. The maximum atomic E-state index is 10.4. The Morgan fingerprint density at radius 1 is 0.947 bits per heavy atom. The smallest absolute Gasteiger partial charge is 0.337 e. The summed E-state index contributed by atoms with van der Waals surface area (Å²) in [7, 11) is 0. The Morgan fingerprint density at radius 3 is 1.76 bits per heavy atom. The highest BCUT2D eigenvalue weighted by atomic mass is 35.5. The first-order valence-corrected chi connectivity index (χ1v) is 13.0. The molecule has 3 N–H and O–H groups in total. The van der Waals surface area contributed by atoms with Crippen LogP contribution < -0.4 is 10.6 Å². The van der Waals surface area contributed by atoms with E-state index in [1.807, 2.05) is 0 Å². The molecule has 2 fully saturated rings. The third kappa shape index (κ3) is 13.3. The second kappa shape index (κ2) is 16.3. The number of tetrazole rings is 2. The number of quaternary nitrogens is 1. The average molecular weight is 591 g/mol. The molecule has 0 unspecified atom stereocenters. The molecule has 0 aromatic carbocycles. The fourth-order valence-electron chi connectivity index (χ4n) is 3.22. The van der Waals surface area contributed by atoms with Crippen LogP contribution >= 0.6 is 23.2 Å². The topological polar surface area (TPSA) is 133 Å². The van der Waals surface area contributed by atoms with Gasteiger partial charge in [-0.05, 0) is 71.4 Å². The second-order valence-corrected chi connectivity index (χ2v) is 11.2. The van der Waals surface area contributed by atoms with Crippen molar-refractivity contribution in [1.29, 1.82) is 0 Å². The number of halogens is 5. The molecule has 2 aliphatic heterocycles. The number of hydrogen-bond acceptors (Lipinski definition) is 8. The van der Waals surface area contributed by atoms with Gasteiger partial charge in [-0.3, -0.25) is 4.79 Å². The quantitative estimate of drug-likeness (QED) is 0.401. The summed E-state index contributed by atoms with van der Waals surface area (Å²) in [4.78, 5) is 12.1. The van der Waals surface area contributed by atoms with E-state index in [0.717, 1.165) is 24.6 Å². The molecule has 0 aliphatic carbocycles. The zero-order valence-electron chi connectivity index (χ0n) is 22.1. The molecular formula is C22H42Cl2F3N10O+. The van der Waals surface area contributed by atoms with Gasteiger partial charge in [-0.25, -0.2) is 0 Å². The van der Waals surface area contributed by atoms with Gasteiger partial charge in [0.1, 0.15) is 0 Å². The molecule has 0 spiro atoms. The lowest BCUT2D eigenvalue weighted by Crippen LogP contribution is -2.82. The lowest BCUT2D eigenvalue weighted by molar-refractivity contribution is -0.677. The predicted octanol–water partition coefficient (Wildman–Crippen LogP) is 3.48. The number of aromatic nitrogens is 8. The van der Waals surface area contributed by atoms with Crippen molar-refractivity contribution in [1.82, 2.24) is 45.7 Å². The van der Waals surface area contributed by atoms with Crippen LogP contribution in [0.2, 0.25) is 0 Å². The average Bonchev–Trinajstić information content (AvgIpc) is 3.60. The van der Waals surface area contributed by atoms with Crippen LogP contribution in [0.5, 0.6) is 0 Å². The highest BCUT2D eigenvalue weighted by Gasteiger charge is 2.27. The number of nitrogens with zero attached hydrogens (tertiary/aromatic N) is 8. The number of carbonyl (C=O) groups excluding carboxylic acids is 1. The molecule has 0 saturated carbocycles. The van der Waals surface area contributed by atoms with Gasteiger partial charge in [0.05, 0.1) is 29.0 Å². The second-order valence-electron chi connectivity index (χ2n) is 10.4. The van der Waals surface area contributed by atoms with Crippen molar-refractivity contribution in [2.24, 2.45) is 0 Å². The van der Waals surface area contributed by atoms with Gasteiger partial charge in [0.15, 0.2) is 11.9 Å². The number of hydrogen-bond donors (Lipinski definition) is 2. The minimum atomic E-state index is -4.64. The largest absolute Gasteiger partial charge is 0.446 e. The fourth-order valence-corrected chi connectivity index (χ4v) is 3.22. The van der Waals surface area contributed by atoms with Crippen LogP contribution in [0.4, 0.5) is 13.2 Å². The predicted molar refractivity (Wildman–Crippen MR) is 140 cm³/mol. The van der Waals surface area contributed by atoms with Gasteiger partial charge in [0.2, 0.25) is 12.1 Å². The summed E-state index contributed by atoms with van der Waals surface area (Å²) in [6, 6.07) is 0.747. The van der Waals surface area contributed by atoms with Crippen molar-refractivity contribution in [2.45, 2.75) is 104 Å². The Bertz CT molecular complexity index is 849. The zero-order valence-corrected chi connectivity index (χ0v) is 23.6. The Hall–Kier alpha value is -1.90. The number of aldehydes is 1. The van der Waals surface area contributed by atoms with E-state index in [1.54, 1.807) is 9.59 Å². The SMILES string of the molecule is C.CC(C)(C)n1nnc([C@H]2CCCN2)n1.CC(C)(C)n1nnc([C@H]2CCC[NH2+]2)n1.ClCCl.O=CC(F)(F)F. The highest BCUT2D eigenvalue weighted by molar-refractivity contribution is 6.40. The molecule has 0 radical (unpaired) electrons. The number of carbonyl (C=O) groups is 1. The van der Waals surface area contributed by atoms with E-state index in [4.69, 9.17) is 28.0 Å². The molecule has 2 aromatic rings. The van der Waals surface area contributed by atoms with Gasteiger partial charge in [0.25, 0.3) is 0 Å². The number of nitrogens with one attached hydrogen (secondary N) is 1. The molecule has 220 valence electrons. The van der Waals surface area contributed by atoms with E-state index in [0.29, 0.717) is 12.1 Å². The van der Waals surface area contributed by atoms with Crippen molar-refractivity contribution in [3.8, 4) is 0 Å². The fraction of sp³-hybridized carbons (Fsp3) is 0.864. The van der Waals surface area contributed by atoms with Gasteiger partial charge < -0.3 is 10.6 Å². The van der Waals surface area contributed by atoms with E-state index in [1.165, 1.54) is 25.8 Å². The van der Waals surface area contributed by atoms with Crippen molar-refractivity contribution in [2.75, 3.05) is 18.4 Å². The van der Waals surface area contributed by atoms with Crippen molar-refractivity contribution in [3.05, 3.63) is 11.6 Å². The summed E-state index contributed by atoms with van der Waals surface area (Å²) in [5, 5.41) is 31.0. The van der Waals surface area contributed by atoms with E-state index < -0.39 is 12.5 Å². The number of rotatable bonds is 2. The molecule has 0 amide bonds. The van der Waals surface area contributed by atoms with Gasteiger partial charge in [0, 0.05) is 12.8 Å². The van der Waals surface area contributed by atoms with E-state index in [2.05, 4.69) is 83.0 Å².